The number of hydrogen-bond acceptors (Lipinski definition) is 7. The van der Waals surface area contributed by atoms with Crippen molar-refractivity contribution in [3.63, 3.8) is 0 Å². The molecule has 0 aliphatic carbocycles. The van der Waals surface area contributed by atoms with Crippen molar-refractivity contribution in [2.24, 2.45) is 5.41 Å². The SMILES string of the molecule is CCOC(=O)C1(COc2ccc3cc(OC)ccc3c2)CNC1.Cc1ccc(S(=O)(=O)O)cc1. The lowest BCUT2D eigenvalue weighted by atomic mass is 9.82. The first kappa shape index (κ1) is 25.5. The number of ether oxygens (including phenoxy) is 3. The molecular formula is C25H29NO7S. The summed E-state index contributed by atoms with van der Waals surface area (Å²) in [7, 11) is -2.37. The first-order valence-electron chi connectivity index (χ1n) is 10.8. The number of carbonyl (C=O) groups is 1. The maximum Gasteiger partial charge on any atom is 0.318 e. The fourth-order valence-corrected chi connectivity index (χ4v) is 3.85. The van der Waals surface area contributed by atoms with Crippen LogP contribution in [0.2, 0.25) is 0 Å². The predicted molar refractivity (Wildman–Crippen MR) is 129 cm³/mol. The average molecular weight is 488 g/mol. The van der Waals surface area contributed by atoms with Crippen molar-refractivity contribution in [3.8, 4) is 11.5 Å². The zero-order chi connectivity index (χ0) is 24.8. The molecular weight excluding hydrogens is 458 g/mol. The molecule has 0 amide bonds. The Kier molecular flexibility index (Phi) is 8.14. The third-order valence-corrected chi connectivity index (χ3v) is 6.36. The lowest BCUT2D eigenvalue weighted by molar-refractivity contribution is -0.161. The van der Waals surface area contributed by atoms with E-state index in [2.05, 4.69) is 5.32 Å². The van der Waals surface area contributed by atoms with Gasteiger partial charge in [-0.1, -0.05) is 29.8 Å². The molecule has 0 unspecified atom stereocenters. The van der Waals surface area contributed by atoms with Crippen LogP contribution in [0.1, 0.15) is 12.5 Å². The first-order chi connectivity index (χ1) is 16.2. The Morgan fingerprint density at radius 3 is 2.09 bits per heavy atom. The van der Waals surface area contributed by atoms with Crippen molar-refractivity contribution >= 4 is 26.9 Å². The zero-order valence-electron chi connectivity index (χ0n) is 19.4. The van der Waals surface area contributed by atoms with Gasteiger partial charge in [-0.2, -0.15) is 8.42 Å². The largest absolute Gasteiger partial charge is 0.497 e. The molecule has 2 N–H and O–H groups in total. The summed E-state index contributed by atoms with van der Waals surface area (Å²) in [5, 5.41) is 5.28. The highest BCUT2D eigenvalue weighted by Gasteiger charge is 2.46. The van der Waals surface area contributed by atoms with Gasteiger partial charge in [-0.05, 0) is 61.0 Å². The van der Waals surface area contributed by atoms with Gasteiger partial charge in [0.2, 0.25) is 0 Å². The van der Waals surface area contributed by atoms with E-state index in [-0.39, 0.29) is 10.9 Å². The van der Waals surface area contributed by atoms with E-state index >= 15 is 0 Å². The fourth-order valence-electron chi connectivity index (χ4n) is 3.37. The van der Waals surface area contributed by atoms with Crippen LogP contribution in [0.3, 0.4) is 0 Å². The summed E-state index contributed by atoms with van der Waals surface area (Å²) in [5.41, 5.74) is 0.391. The normalized spacial score (nSPS) is 14.4. The molecule has 3 aromatic carbocycles. The second kappa shape index (κ2) is 10.9. The van der Waals surface area contributed by atoms with Gasteiger partial charge in [0.25, 0.3) is 10.1 Å². The summed E-state index contributed by atoms with van der Waals surface area (Å²) in [6, 6.07) is 17.8. The molecule has 1 saturated heterocycles. The highest BCUT2D eigenvalue weighted by molar-refractivity contribution is 7.85. The molecule has 0 atom stereocenters. The number of nitrogens with one attached hydrogen (secondary N) is 1. The minimum atomic E-state index is -4.02. The van der Waals surface area contributed by atoms with Crippen LogP contribution >= 0.6 is 0 Å². The predicted octanol–water partition coefficient (Wildman–Crippen LogP) is 3.62. The Bertz CT molecular complexity index is 1240. The smallest absolute Gasteiger partial charge is 0.318 e. The minimum Gasteiger partial charge on any atom is -0.497 e. The molecule has 0 aromatic heterocycles. The van der Waals surface area contributed by atoms with Gasteiger partial charge in [0.1, 0.15) is 23.5 Å². The third kappa shape index (κ3) is 6.25. The second-order valence-corrected chi connectivity index (χ2v) is 9.48. The van der Waals surface area contributed by atoms with Gasteiger partial charge in [0.05, 0.1) is 18.6 Å². The van der Waals surface area contributed by atoms with Crippen LogP contribution in [0, 0.1) is 12.3 Å². The summed E-state index contributed by atoms with van der Waals surface area (Å²) in [6.45, 7) is 5.55. The van der Waals surface area contributed by atoms with Crippen LogP contribution in [0.25, 0.3) is 10.8 Å². The molecule has 34 heavy (non-hydrogen) atoms. The Morgan fingerprint density at radius 2 is 1.59 bits per heavy atom. The lowest BCUT2D eigenvalue weighted by Gasteiger charge is -2.39. The molecule has 4 rings (SSSR count). The summed E-state index contributed by atoms with van der Waals surface area (Å²) in [6.07, 6.45) is 0. The molecule has 1 fully saturated rings. The van der Waals surface area contributed by atoms with E-state index < -0.39 is 15.5 Å². The maximum atomic E-state index is 12.1. The van der Waals surface area contributed by atoms with Crippen molar-refractivity contribution in [2.45, 2.75) is 18.7 Å². The summed E-state index contributed by atoms with van der Waals surface area (Å²) in [5.74, 6) is 1.38. The molecule has 1 aliphatic rings. The highest BCUT2D eigenvalue weighted by Crippen LogP contribution is 2.29. The van der Waals surface area contributed by atoms with Crippen molar-refractivity contribution in [1.82, 2.24) is 5.32 Å². The molecule has 3 aromatic rings. The molecule has 0 saturated carbocycles. The zero-order valence-corrected chi connectivity index (χ0v) is 20.2. The number of benzene rings is 3. The lowest BCUT2D eigenvalue weighted by Crippen LogP contribution is -2.61. The van der Waals surface area contributed by atoms with E-state index in [9.17, 15) is 13.2 Å². The van der Waals surface area contributed by atoms with Crippen LogP contribution < -0.4 is 14.8 Å². The Labute approximate surface area is 199 Å². The highest BCUT2D eigenvalue weighted by atomic mass is 32.2. The van der Waals surface area contributed by atoms with Gasteiger partial charge < -0.3 is 19.5 Å². The van der Waals surface area contributed by atoms with Gasteiger partial charge in [-0.15, -0.1) is 0 Å². The van der Waals surface area contributed by atoms with E-state index in [1.165, 1.54) is 12.1 Å². The summed E-state index contributed by atoms with van der Waals surface area (Å²) in [4.78, 5) is 12.0. The Morgan fingerprint density at radius 1 is 1.00 bits per heavy atom. The van der Waals surface area contributed by atoms with E-state index in [0.717, 1.165) is 27.8 Å². The van der Waals surface area contributed by atoms with Gasteiger partial charge in [0, 0.05) is 13.1 Å². The van der Waals surface area contributed by atoms with Crippen molar-refractivity contribution in [2.75, 3.05) is 33.4 Å². The molecule has 0 radical (unpaired) electrons. The van der Waals surface area contributed by atoms with Gasteiger partial charge >= 0.3 is 5.97 Å². The average Bonchev–Trinajstić information content (AvgIpc) is 2.78. The van der Waals surface area contributed by atoms with E-state index in [4.69, 9.17) is 18.8 Å². The molecule has 0 bridgehead atoms. The number of aryl methyl sites for hydroxylation is 1. The van der Waals surface area contributed by atoms with E-state index in [1.807, 2.05) is 50.2 Å². The van der Waals surface area contributed by atoms with Crippen molar-refractivity contribution in [3.05, 3.63) is 66.2 Å². The maximum absolute atomic E-state index is 12.1. The van der Waals surface area contributed by atoms with E-state index in [0.29, 0.717) is 26.3 Å². The number of hydrogen-bond donors (Lipinski definition) is 2. The standard InChI is InChI=1S/C18H21NO4.C7H8O3S/c1-3-22-17(20)18(10-19-11-18)12-23-16-7-5-13-8-15(21-2)6-4-14(13)9-16;1-6-2-4-7(5-3-6)11(8,9)10/h4-9,19H,3,10-12H2,1-2H3;2-5H,1H3,(H,8,9,10). The van der Waals surface area contributed by atoms with Gasteiger partial charge in [-0.3, -0.25) is 9.35 Å². The number of fused-ring (bicyclic) bond motifs is 1. The first-order valence-corrected chi connectivity index (χ1v) is 12.2. The number of esters is 1. The van der Waals surface area contributed by atoms with Crippen LogP contribution in [0.5, 0.6) is 11.5 Å². The number of methoxy groups -OCH3 is 1. The topological polar surface area (TPSA) is 111 Å². The van der Waals surface area contributed by atoms with Crippen LogP contribution in [-0.2, 0) is 19.6 Å². The van der Waals surface area contributed by atoms with Gasteiger partial charge in [0.15, 0.2) is 0 Å². The quantitative estimate of drug-likeness (QED) is 0.384. The number of rotatable bonds is 7. The van der Waals surface area contributed by atoms with Crippen molar-refractivity contribution < 1.29 is 32.0 Å². The molecule has 9 heteroatoms. The minimum absolute atomic E-state index is 0.0666. The molecule has 8 nitrogen and oxygen atoms in total. The Balaban J connectivity index is 0.000000248. The summed E-state index contributed by atoms with van der Waals surface area (Å²) >= 11 is 0. The molecule has 1 heterocycles. The molecule has 1 aliphatic heterocycles. The van der Waals surface area contributed by atoms with E-state index in [1.54, 1.807) is 19.2 Å². The van der Waals surface area contributed by atoms with Crippen LogP contribution in [0.15, 0.2) is 65.6 Å². The summed E-state index contributed by atoms with van der Waals surface area (Å²) < 4.78 is 45.8. The monoisotopic (exact) mass is 487 g/mol. The van der Waals surface area contributed by atoms with Gasteiger partial charge in [-0.25, -0.2) is 0 Å². The fraction of sp³-hybridized carbons (Fsp3) is 0.320. The Hall–Kier alpha value is -3.14. The second-order valence-electron chi connectivity index (χ2n) is 8.06. The molecule has 182 valence electrons. The van der Waals surface area contributed by atoms with Crippen molar-refractivity contribution in [1.29, 1.82) is 0 Å². The molecule has 0 spiro atoms. The van der Waals surface area contributed by atoms with Crippen LogP contribution in [-0.4, -0.2) is 52.4 Å². The third-order valence-electron chi connectivity index (χ3n) is 5.49. The number of carbonyl (C=O) groups excluding carboxylic acids is 1. The van der Waals surface area contributed by atoms with Crippen LogP contribution in [0.4, 0.5) is 0 Å².